The topological polar surface area (TPSA) is 105 Å². The summed E-state index contributed by atoms with van der Waals surface area (Å²) in [7, 11) is 0. The van der Waals surface area contributed by atoms with Gasteiger partial charge in [0.1, 0.15) is 0 Å². The Bertz CT molecular complexity index is 816. The molecule has 0 saturated heterocycles. The van der Waals surface area contributed by atoms with Gasteiger partial charge in [-0.3, -0.25) is 9.59 Å². The van der Waals surface area contributed by atoms with E-state index in [1.807, 2.05) is 0 Å². The molecule has 0 aromatic carbocycles. The van der Waals surface area contributed by atoms with E-state index in [0.29, 0.717) is 34.7 Å². The second-order valence-corrected chi connectivity index (χ2v) is 7.82. The van der Waals surface area contributed by atoms with Crippen molar-refractivity contribution in [3.8, 4) is 0 Å². The maximum absolute atomic E-state index is 12.6. The lowest BCUT2D eigenvalue weighted by molar-refractivity contribution is -0.136. The minimum absolute atomic E-state index is 0.0178. The Morgan fingerprint density at radius 1 is 1.36 bits per heavy atom. The zero-order chi connectivity index (χ0) is 18.2. The fourth-order valence-electron chi connectivity index (χ4n) is 2.80. The van der Waals surface area contributed by atoms with Crippen LogP contribution in [0.1, 0.15) is 67.7 Å². The van der Waals surface area contributed by atoms with Crippen molar-refractivity contribution in [2.24, 2.45) is 5.41 Å². The van der Waals surface area contributed by atoms with Gasteiger partial charge in [0.05, 0.1) is 23.1 Å². The first kappa shape index (κ1) is 17.4. The fraction of sp³-hybridized carbons (Fsp3) is 0.556. The average molecular weight is 345 g/mol. The summed E-state index contributed by atoms with van der Waals surface area (Å²) < 4.78 is 5.41. The highest BCUT2D eigenvalue weighted by atomic mass is 16.5. The van der Waals surface area contributed by atoms with E-state index in [9.17, 15) is 9.59 Å². The van der Waals surface area contributed by atoms with E-state index in [2.05, 4.69) is 36.2 Å². The highest BCUT2D eigenvalue weighted by molar-refractivity contribution is 6.06. The third-order valence-electron chi connectivity index (χ3n) is 4.10. The Morgan fingerprint density at radius 3 is 2.68 bits per heavy atom. The van der Waals surface area contributed by atoms with Crippen molar-refractivity contribution in [2.45, 2.75) is 52.4 Å². The summed E-state index contributed by atoms with van der Waals surface area (Å²) in [5.41, 5.74) is 2.38. The molecule has 1 saturated carbocycles. The number of hydrogen-bond donors (Lipinski definition) is 2. The molecule has 2 aromatic heterocycles. The molecule has 0 bridgehead atoms. The van der Waals surface area contributed by atoms with Crippen LogP contribution >= 0.6 is 0 Å². The number of nitrogens with one attached hydrogen (secondary N) is 1. The van der Waals surface area contributed by atoms with Gasteiger partial charge in [0.2, 0.25) is 0 Å². The summed E-state index contributed by atoms with van der Waals surface area (Å²) in [4.78, 5) is 27.9. The summed E-state index contributed by atoms with van der Waals surface area (Å²) >= 11 is 0. The molecule has 2 heterocycles. The van der Waals surface area contributed by atoms with Crippen LogP contribution in [-0.4, -0.2) is 33.7 Å². The number of carboxylic acids is 1. The van der Waals surface area contributed by atoms with Crippen LogP contribution in [0.5, 0.6) is 0 Å². The third-order valence-corrected chi connectivity index (χ3v) is 4.10. The lowest BCUT2D eigenvalue weighted by Crippen LogP contribution is -2.26. The van der Waals surface area contributed by atoms with Gasteiger partial charge in [0.25, 0.3) is 11.6 Å². The van der Waals surface area contributed by atoms with Gasteiger partial charge in [-0.15, -0.1) is 0 Å². The number of carboxylic acid groups (broad SMARTS) is 1. The smallest absolute Gasteiger partial charge is 0.305 e. The lowest BCUT2D eigenvalue weighted by Gasteiger charge is -2.16. The van der Waals surface area contributed by atoms with Gasteiger partial charge < -0.3 is 14.9 Å². The fourth-order valence-corrected chi connectivity index (χ4v) is 2.80. The lowest BCUT2D eigenvalue weighted by atomic mass is 9.89. The Hall–Kier alpha value is -2.44. The van der Waals surface area contributed by atoms with Crippen LogP contribution < -0.4 is 5.32 Å². The number of aliphatic carboxylic acids is 1. The second kappa shape index (κ2) is 6.46. The number of carbonyl (C=O) groups is 2. The summed E-state index contributed by atoms with van der Waals surface area (Å²) in [6.45, 7) is 6.35. The van der Waals surface area contributed by atoms with E-state index in [1.54, 1.807) is 6.07 Å². The van der Waals surface area contributed by atoms with Crippen molar-refractivity contribution in [2.75, 3.05) is 6.54 Å². The number of rotatable bonds is 6. The van der Waals surface area contributed by atoms with Gasteiger partial charge in [-0.05, 0) is 30.7 Å². The zero-order valence-electron chi connectivity index (χ0n) is 14.8. The molecule has 7 nitrogen and oxygen atoms in total. The zero-order valence-corrected chi connectivity index (χ0v) is 14.8. The third kappa shape index (κ3) is 4.15. The number of pyridine rings is 1. The van der Waals surface area contributed by atoms with Crippen LogP contribution in [0.15, 0.2) is 10.6 Å². The van der Waals surface area contributed by atoms with E-state index in [0.717, 1.165) is 18.5 Å². The molecule has 0 aliphatic heterocycles. The quantitative estimate of drug-likeness (QED) is 0.834. The van der Waals surface area contributed by atoms with Crippen LogP contribution in [-0.2, 0) is 11.2 Å². The predicted octanol–water partition coefficient (Wildman–Crippen LogP) is 2.89. The highest BCUT2D eigenvalue weighted by Crippen LogP contribution is 2.40. The van der Waals surface area contributed by atoms with Crippen molar-refractivity contribution < 1.29 is 19.2 Å². The second-order valence-electron chi connectivity index (χ2n) is 7.82. The minimum atomic E-state index is -0.947. The molecule has 0 spiro atoms. The summed E-state index contributed by atoms with van der Waals surface area (Å²) in [5.74, 6) is -0.891. The predicted molar refractivity (Wildman–Crippen MR) is 91.5 cm³/mol. The normalized spacial score (nSPS) is 14.7. The van der Waals surface area contributed by atoms with Crippen molar-refractivity contribution in [3.63, 3.8) is 0 Å². The number of nitrogens with zero attached hydrogens (tertiary/aromatic N) is 2. The molecular weight excluding hydrogens is 322 g/mol. The Morgan fingerprint density at radius 2 is 2.08 bits per heavy atom. The molecule has 134 valence electrons. The van der Waals surface area contributed by atoms with Gasteiger partial charge in [-0.25, -0.2) is 4.98 Å². The average Bonchev–Trinajstić information content (AvgIpc) is 3.28. The van der Waals surface area contributed by atoms with Crippen LogP contribution in [0.25, 0.3) is 11.1 Å². The van der Waals surface area contributed by atoms with Gasteiger partial charge in [0.15, 0.2) is 0 Å². The van der Waals surface area contributed by atoms with Crippen LogP contribution in [0.3, 0.4) is 0 Å². The number of amides is 1. The Kier molecular flexibility index (Phi) is 4.49. The summed E-state index contributed by atoms with van der Waals surface area (Å²) in [6.07, 6.45) is 2.65. The molecular formula is C18H23N3O4. The molecule has 0 radical (unpaired) electrons. The molecule has 7 heteroatoms. The van der Waals surface area contributed by atoms with Crippen LogP contribution in [0.4, 0.5) is 0 Å². The molecule has 3 rings (SSSR count). The molecule has 1 fully saturated rings. The monoisotopic (exact) mass is 345 g/mol. The van der Waals surface area contributed by atoms with E-state index < -0.39 is 5.97 Å². The summed E-state index contributed by atoms with van der Waals surface area (Å²) in [5, 5.41) is 16.2. The Labute approximate surface area is 145 Å². The molecule has 0 atom stereocenters. The van der Waals surface area contributed by atoms with Gasteiger partial charge in [0, 0.05) is 18.2 Å². The van der Waals surface area contributed by atoms with Crippen molar-refractivity contribution in [1.82, 2.24) is 15.5 Å². The number of hydrogen-bond acceptors (Lipinski definition) is 5. The largest absolute Gasteiger partial charge is 0.481 e. The van der Waals surface area contributed by atoms with E-state index in [1.165, 1.54) is 0 Å². The van der Waals surface area contributed by atoms with Gasteiger partial charge in [-0.1, -0.05) is 25.9 Å². The van der Waals surface area contributed by atoms with E-state index in [-0.39, 0.29) is 24.3 Å². The van der Waals surface area contributed by atoms with Gasteiger partial charge >= 0.3 is 5.97 Å². The van der Waals surface area contributed by atoms with Gasteiger partial charge in [-0.2, -0.15) is 0 Å². The first-order valence-corrected chi connectivity index (χ1v) is 8.54. The maximum atomic E-state index is 12.6. The SMILES string of the molecule is CC(C)(C)Cc1noc2nc(C3CC3)cc(C(=O)NCCC(=O)O)c12. The number of fused-ring (bicyclic) bond motifs is 1. The molecule has 1 aliphatic carbocycles. The van der Waals surface area contributed by atoms with Crippen molar-refractivity contribution in [1.29, 1.82) is 0 Å². The molecule has 1 amide bonds. The molecule has 2 N–H and O–H groups in total. The van der Waals surface area contributed by atoms with E-state index in [4.69, 9.17) is 9.63 Å². The molecule has 2 aromatic rings. The number of aromatic nitrogens is 2. The molecule has 1 aliphatic rings. The van der Waals surface area contributed by atoms with E-state index >= 15 is 0 Å². The maximum Gasteiger partial charge on any atom is 0.305 e. The molecule has 0 unspecified atom stereocenters. The highest BCUT2D eigenvalue weighted by Gasteiger charge is 2.29. The van der Waals surface area contributed by atoms with Crippen LogP contribution in [0.2, 0.25) is 0 Å². The summed E-state index contributed by atoms with van der Waals surface area (Å²) in [6, 6.07) is 1.81. The van der Waals surface area contributed by atoms with Crippen molar-refractivity contribution >= 4 is 23.0 Å². The minimum Gasteiger partial charge on any atom is -0.481 e. The molecule has 25 heavy (non-hydrogen) atoms. The first-order valence-electron chi connectivity index (χ1n) is 8.54. The standard InChI is InChI=1S/C18H23N3O4/c1-18(2,3)9-13-15-11(16(24)19-7-6-14(22)23)8-12(10-4-5-10)20-17(15)25-21-13/h8,10H,4-7,9H2,1-3H3,(H,19,24)(H,22,23). The van der Waals surface area contributed by atoms with Crippen molar-refractivity contribution in [3.05, 3.63) is 23.0 Å². The first-order chi connectivity index (χ1) is 11.7. The van der Waals surface area contributed by atoms with Crippen LogP contribution in [0, 0.1) is 5.41 Å². The number of carbonyl (C=O) groups excluding carboxylic acids is 1. The Balaban J connectivity index is 1.98.